The number of hydrogen-bond donors (Lipinski definition) is 2. The van der Waals surface area contributed by atoms with Gasteiger partial charge in [0.15, 0.2) is 5.96 Å². The summed E-state index contributed by atoms with van der Waals surface area (Å²) in [6.45, 7) is 1.45. The summed E-state index contributed by atoms with van der Waals surface area (Å²) in [4.78, 5) is 17.6. The summed E-state index contributed by atoms with van der Waals surface area (Å²) < 4.78 is 34.5. The Balaban J connectivity index is 1.96. The Kier molecular flexibility index (Phi) is 8.09. The van der Waals surface area contributed by atoms with E-state index in [-0.39, 0.29) is 24.2 Å². The maximum atomic E-state index is 12.6. The lowest BCUT2D eigenvalue weighted by Crippen LogP contribution is -2.44. The molecule has 2 rings (SSSR count). The van der Waals surface area contributed by atoms with E-state index >= 15 is 0 Å². The molecule has 0 amide bonds. The Morgan fingerprint density at radius 1 is 1.41 bits per heavy atom. The van der Waals surface area contributed by atoms with Crippen molar-refractivity contribution in [2.45, 2.75) is 32.4 Å². The molecule has 1 aromatic rings. The highest BCUT2D eigenvalue weighted by atomic mass is 19.3. The van der Waals surface area contributed by atoms with Crippen LogP contribution in [-0.2, 0) is 9.53 Å². The van der Waals surface area contributed by atoms with Crippen molar-refractivity contribution in [3.05, 3.63) is 24.3 Å². The van der Waals surface area contributed by atoms with E-state index < -0.39 is 6.61 Å². The van der Waals surface area contributed by atoms with Crippen LogP contribution in [0.3, 0.4) is 0 Å². The summed E-state index contributed by atoms with van der Waals surface area (Å²) >= 11 is 0. The number of nitrogens with one attached hydrogen (secondary N) is 2. The molecule has 0 spiro atoms. The van der Waals surface area contributed by atoms with Crippen LogP contribution in [0.2, 0.25) is 0 Å². The van der Waals surface area contributed by atoms with Gasteiger partial charge in [-0.1, -0.05) is 12.1 Å². The highest BCUT2D eigenvalue weighted by Gasteiger charge is 2.26. The average Bonchev–Trinajstić information content (AvgIpc) is 3.10. The summed E-state index contributed by atoms with van der Waals surface area (Å²) in [5.74, 6) is 0.481. The Morgan fingerprint density at radius 2 is 2.19 bits per heavy atom. The van der Waals surface area contributed by atoms with Gasteiger partial charge in [0.2, 0.25) is 0 Å². The maximum absolute atomic E-state index is 12.6. The largest absolute Gasteiger partial charge is 0.469 e. The van der Waals surface area contributed by atoms with Gasteiger partial charge in [0.1, 0.15) is 5.75 Å². The van der Waals surface area contributed by atoms with Crippen LogP contribution in [0, 0.1) is 0 Å². The van der Waals surface area contributed by atoms with Crippen molar-refractivity contribution in [3.8, 4) is 5.75 Å². The first-order chi connectivity index (χ1) is 13.0. The van der Waals surface area contributed by atoms with E-state index in [1.54, 1.807) is 24.3 Å². The molecule has 1 atom stereocenters. The van der Waals surface area contributed by atoms with Gasteiger partial charge in [0.25, 0.3) is 0 Å². The van der Waals surface area contributed by atoms with Gasteiger partial charge in [-0.15, -0.1) is 0 Å². The summed E-state index contributed by atoms with van der Waals surface area (Å²) in [5.41, 5.74) is 0.648. The third-order valence-corrected chi connectivity index (χ3v) is 4.11. The molecule has 0 bridgehead atoms. The molecule has 0 radical (unpaired) electrons. The monoisotopic (exact) mass is 384 g/mol. The van der Waals surface area contributed by atoms with Gasteiger partial charge in [-0.2, -0.15) is 8.78 Å². The molecular weight excluding hydrogens is 358 g/mol. The molecule has 1 saturated heterocycles. The number of carbonyl (C=O) groups excluding carboxylic acids is 1. The van der Waals surface area contributed by atoms with Gasteiger partial charge in [-0.3, -0.25) is 9.79 Å². The first-order valence-corrected chi connectivity index (χ1v) is 8.94. The summed E-state index contributed by atoms with van der Waals surface area (Å²) in [5, 5.41) is 6.46. The zero-order chi connectivity index (χ0) is 19.6. The van der Waals surface area contributed by atoms with Crippen LogP contribution >= 0.6 is 0 Å². The number of carbonyl (C=O) groups is 1. The molecule has 1 aliphatic heterocycles. The minimum atomic E-state index is -2.86. The molecular formula is C18H26F2N4O3. The molecule has 1 aromatic carbocycles. The topological polar surface area (TPSA) is 75.2 Å². The van der Waals surface area contributed by atoms with E-state index in [1.165, 1.54) is 7.11 Å². The normalized spacial score (nSPS) is 17.1. The number of anilines is 1. The Hall–Kier alpha value is -2.58. The predicted molar refractivity (Wildman–Crippen MR) is 99.4 cm³/mol. The van der Waals surface area contributed by atoms with Crippen LogP contribution in [0.15, 0.2) is 29.3 Å². The second-order valence-electron chi connectivity index (χ2n) is 6.01. The van der Waals surface area contributed by atoms with Crippen molar-refractivity contribution in [2.75, 3.05) is 38.2 Å². The third kappa shape index (κ3) is 6.58. The number of nitrogens with zero attached hydrogens (tertiary/aromatic N) is 2. The molecule has 1 fully saturated rings. The number of hydrogen-bond acceptors (Lipinski definition) is 5. The number of alkyl halides is 2. The molecule has 1 unspecified atom stereocenters. The SMILES string of the molecule is CCNC(=NCCC(=O)OC)NC1CCN(c2ccccc2OC(F)F)C1. The van der Waals surface area contributed by atoms with Gasteiger partial charge in [-0.25, -0.2) is 0 Å². The summed E-state index contributed by atoms with van der Waals surface area (Å²) in [7, 11) is 1.35. The number of benzene rings is 1. The Morgan fingerprint density at radius 3 is 2.89 bits per heavy atom. The molecule has 150 valence electrons. The van der Waals surface area contributed by atoms with E-state index in [0.717, 1.165) is 6.42 Å². The molecule has 1 aliphatic rings. The van der Waals surface area contributed by atoms with Gasteiger partial charge >= 0.3 is 12.6 Å². The van der Waals surface area contributed by atoms with Crippen molar-refractivity contribution in [1.82, 2.24) is 10.6 Å². The zero-order valence-corrected chi connectivity index (χ0v) is 15.6. The second kappa shape index (κ2) is 10.5. The molecule has 7 nitrogen and oxygen atoms in total. The fraction of sp³-hybridized carbons (Fsp3) is 0.556. The molecule has 27 heavy (non-hydrogen) atoms. The number of guanidine groups is 1. The third-order valence-electron chi connectivity index (χ3n) is 4.11. The Labute approximate surface area is 157 Å². The first kappa shape index (κ1) is 20.7. The number of rotatable bonds is 8. The van der Waals surface area contributed by atoms with Gasteiger partial charge in [0.05, 0.1) is 25.8 Å². The van der Waals surface area contributed by atoms with Crippen LogP contribution in [-0.4, -0.2) is 57.9 Å². The molecule has 9 heteroatoms. The number of esters is 1. The Bertz CT molecular complexity index is 643. The van der Waals surface area contributed by atoms with E-state index in [1.807, 2.05) is 11.8 Å². The van der Waals surface area contributed by atoms with Gasteiger partial charge in [0, 0.05) is 25.7 Å². The number of para-hydroxylation sites is 2. The molecule has 2 N–H and O–H groups in total. The van der Waals surface area contributed by atoms with Crippen LogP contribution in [0.4, 0.5) is 14.5 Å². The van der Waals surface area contributed by atoms with Crippen molar-refractivity contribution in [1.29, 1.82) is 0 Å². The lowest BCUT2D eigenvalue weighted by Gasteiger charge is -2.22. The van der Waals surface area contributed by atoms with Crippen LogP contribution in [0.5, 0.6) is 5.75 Å². The number of aliphatic imine (C=N–C) groups is 1. The lowest BCUT2D eigenvalue weighted by molar-refractivity contribution is -0.140. The van der Waals surface area contributed by atoms with Crippen molar-refractivity contribution in [3.63, 3.8) is 0 Å². The van der Waals surface area contributed by atoms with Crippen molar-refractivity contribution in [2.24, 2.45) is 4.99 Å². The zero-order valence-electron chi connectivity index (χ0n) is 15.6. The average molecular weight is 384 g/mol. The standard InChI is InChI=1S/C18H26F2N4O3/c1-3-21-18(22-10-8-16(25)26-2)23-13-9-11-24(12-13)14-6-4-5-7-15(14)27-17(19)20/h4-7,13,17H,3,8-12H2,1-2H3,(H2,21,22,23). The first-order valence-electron chi connectivity index (χ1n) is 8.94. The molecule has 0 saturated carbocycles. The minimum absolute atomic E-state index is 0.0977. The van der Waals surface area contributed by atoms with Crippen LogP contribution in [0.25, 0.3) is 0 Å². The maximum Gasteiger partial charge on any atom is 0.387 e. The van der Waals surface area contributed by atoms with Crippen LogP contribution < -0.4 is 20.3 Å². The highest BCUT2D eigenvalue weighted by Crippen LogP contribution is 2.31. The highest BCUT2D eigenvalue weighted by molar-refractivity contribution is 5.80. The summed E-state index contributed by atoms with van der Waals surface area (Å²) in [6, 6.07) is 6.88. The van der Waals surface area contributed by atoms with E-state index in [4.69, 9.17) is 0 Å². The van der Waals surface area contributed by atoms with Gasteiger partial charge < -0.3 is 25.0 Å². The number of ether oxygens (including phenoxy) is 2. The van der Waals surface area contributed by atoms with Crippen molar-refractivity contribution >= 4 is 17.6 Å². The predicted octanol–water partition coefficient (Wildman–Crippen LogP) is 1.98. The number of methoxy groups -OCH3 is 1. The van der Waals surface area contributed by atoms with E-state index in [9.17, 15) is 13.6 Å². The van der Waals surface area contributed by atoms with Crippen molar-refractivity contribution < 1.29 is 23.0 Å². The quantitative estimate of drug-likeness (QED) is 0.406. The van der Waals surface area contributed by atoms with E-state index in [0.29, 0.717) is 37.8 Å². The van der Waals surface area contributed by atoms with Crippen LogP contribution in [0.1, 0.15) is 19.8 Å². The fourth-order valence-electron chi connectivity index (χ4n) is 2.89. The fourth-order valence-corrected chi connectivity index (χ4v) is 2.89. The second-order valence-corrected chi connectivity index (χ2v) is 6.01. The molecule has 0 aromatic heterocycles. The minimum Gasteiger partial charge on any atom is -0.469 e. The lowest BCUT2D eigenvalue weighted by atomic mass is 10.2. The molecule has 0 aliphatic carbocycles. The van der Waals surface area contributed by atoms with E-state index in [2.05, 4.69) is 25.1 Å². The summed E-state index contributed by atoms with van der Waals surface area (Å²) in [6.07, 6.45) is 1.03. The molecule has 1 heterocycles. The van der Waals surface area contributed by atoms with Gasteiger partial charge in [-0.05, 0) is 25.5 Å². The smallest absolute Gasteiger partial charge is 0.387 e. The number of halogens is 2.